The topological polar surface area (TPSA) is 91.3 Å². The fraction of sp³-hybridized carbons (Fsp3) is 0.111. The van der Waals surface area contributed by atoms with Crippen molar-refractivity contribution in [1.29, 1.82) is 0 Å². The molecule has 88 valence electrons. The van der Waals surface area contributed by atoms with Crippen LogP contribution in [0.4, 0.5) is 5.69 Å². The Hall–Kier alpha value is -1.71. The lowest BCUT2D eigenvalue weighted by Gasteiger charge is -2.01. The first kappa shape index (κ1) is 11.8. The number of halogens is 1. The van der Waals surface area contributed by atoms with Crippen LogP contribution in [0.25, 0.3) is 11.5 Å². The zero-order valence-electron chi connectivity index (χ0n) is 8.58. The van der Waals surface area contributed by atoms with Crippen LogP contribution in [0.3, 0.4) is 0 Å². The van der Waals surface area contributed by atoms with Gasteiger partial charge in [-0.05, 0) is 12.1 Å². The highest BCUT2D eigenvalue weighted by atomic mass is 127. The molecule has 0 saturated carbocycles. The van der Waals surface area contributed by atoms with Crippen LogP contribution < -0.4 is 4.74 Å². The Kier molecular flexibility index (Phi) is 3.22. The summed E-state index contributed by atoms with van der Waals surface area (Å²) in [7, 11) is 1.37. The maximum Gasteiger partial charge on any atom is 0.311 e. The molecule has 0 radical (unpaired) electrons. The number of ether oxygens (including phenoxy) is 1. The molecule has 0 unspecified atom stereocenters. The third-order valence-electron chi connectivity index (χ3n) is 2.02. The molecule has 0 aliphatic rings. The van der Waals surface area contributed by atoms with Crippen molar-refractivity contribution in [3.8, 4) is 17.2 Å². The molecule has 0 aliphatic heterocycles. The summed E-state index contributed by atoms with van der Waals surface area (Å²) in [4.78, 5) is 10.3. The maximum absolute atomic E-state index is 10.8. The Morgan fingerprint density at radius 3 is 2.76 bits per heavy atom. The van der Waals surface area contributed by atoms with E-state index in [1.54, 1.807) is 6.07 Å². The quantitative estimate of drug-likeness (QED) is 0.481. The molecule has 0 atom stereocenters. The van der Waals surface area contributed by atoms with Crippen LogP contribution in [-0.4, -0.2) is 22.2 Å². The van der Waals surface area contributed by atoms with Crippen molar-refractivity contribution in [2.45, 2.75) is 0 Å². The molecule has 1 heterocycles. The maximum atomic E-state index is 10.8. The second kappa shape index (κ2) is 4.65. The van der Waals surface area contributed by atoms with Crippen LogP contribution in [-0.2, 0) is 0 Å². The number of nitrogens with zero attached hydrogens (tertiary/aromatic N) is 3. The molecule has 7 nitrogen and oxygen atoms in total. The molecular formula is C9H6IN3O4. The average molecular weight is 347 g/mol. The minimum atomic E-state index is -0.524. The van der Waals surface area contributed by atoms with E-state index in [0.29, 0.717) is 9.46 Å². The number of hydrogen-bond donors (Lipinski definition) is 0. The number of hydrogen-bond acceptors (Lipinski definition) is 6. The van der Waals surface area contributed by atoms with Gasteiger partial charge in [-0.25, -0.2) is 0 Å². The van der Waals surface area contributed by atoms with E-state index in [-0.39, 0.29) is 17.3 Å². The molecule has 1 aromatic carbocycles. The molecule has 0 fully saturated rings. The van der Waals surface area contributed by atoms with Gasteiger partial charge in [0, 0.05) is 34.2 Å². The van der Waals surface area contributed by atoms with Crippen molar-refractivity contribution < 1.29 is 14.1 Å². The van der Waals surface area contributed by atoms with Gasteiger partial charge in [0.05, 0.1) is 12.0 Å². The first-order chi connectivity index (χ1) is 8.11. The summed E-state index contributed by atoms with van der Waals surface area (Å²) in [6.45, 7) is 0. The largest absolute Gasteiger partial charge is 0.490 e. The van der Waals surface area contributed by atoms with E-state index in [1.165, 1.54) is 19.2 Å². The normalized spacial score (nSPS) is 10.2. The molecular weight excluding hydrogens is 341 g/mol. The molecule has 0 saturated heterocycles. The molecule has 0 amide bonds. The molecule has 8 heteroatoms. The molecule has 17 heavy (non-hydrogen) atoms. The number of rotatable bonds is 3. The van der Waals surface area contributed by atoms with Crippen LogP contribution in [0.1, 0.15) is 0 Å². The van der Waals surface area contributed by atoms with Gasteiger partial charge in [-0.3, -0.25) is 10.1 Å². The molecule has 0 N–H and O–H groups in total. The third kappa shape index (κ3) is 2.35. The first-order valence-electron chi connectivity index (χ1n) is 4.43. The molecule has 0 spiro atoms. The van der Waals surface area contributed by atoms with Gasteiger partial charge in [-0.15, -0.1) is 10.2 Å². The van der Waals surface area contributed by atoms with Crippen molar-refractivity contribution in [3.63, 3.8) is 0 Å². The van der Waals surface area contributed by atoms with Gasteiger partial charge in [0.15, 0.2) is 5.75 Å². The molecule has 2 aromatic rings. The fourth-order valence-corrected chi connectivity index (χ4v) is 1.60. The fourth-order valence-electron chi connectivity index (χ4n) is 1.29. The number of nitro benzene ring substituents is 1. The highest BCUT2D eigenvalue weighted by Gasteiger charge is 2.18. The SMILES string of the molecule is COc1ccc(-c2nnc(I)o2)cc1[N+](=O)[O-]. The highest BCUT2D eigenvalue weighted by Crippen LogP contribution is 2.31. The van der Waals surface area contributed by atoms with E-state index in [0.717, 1.165) is 0 Å². The number of methoxy groups -OCH3 is 1. The zero-order chi connectivity index (χ0) is 12.4. The van der Waals surface area contributed by atoms with Crippen molar-refractivity contribution in [2.24, 2.45) is 0 Å². The summed E-state index contributed by atoms with van der Waals surface area (Å²) in [5.74, 6) is 0.424. The van der Waals surface area contributed by atoms with Gasteiger partial charge >= 0.3 is 5.69 Å². The molecule has 2 rings (SSSR count). The van der Waals surface area contributed by atoms with Crippen molar-refractivity contribution in [3.05, 3.63) is 32.2 Å². The van der Waals surface area contributed by atoms with Gasteiger partial charge in [0.25, 0.3) is 3.90 Å². The van der Waals surface area contributed by atoms with Crippen LogP contribution in [0.2, 0.25) is 0 Å². The molecule has 0 aliphatic carbocycles. The lowest BCUT2D eigenvalue weighted by molar-refractivity contribution is -0.385. The van der Waals surface area contributed by atoms with E-state index >= 15 is 0 Å². The summed E-state index contributed by atoms with van der Waals surface area (Å²) in [6, 6.07) is 4.45. The second-order valence-corrected chi connectivity index (χ2v) is 3.93. The van der Waals surface area contributed by atoms with Gasteiger partial charge in [0.2, 0.25) is 5.89 Å². The summed E-state index contributed by atoms with van der Waals surface area (Å²) < 4.78 is 10.4. The van der Waals surface area contributed by atoms with Crippen LogP contribution in [0.15, 0.2) is 22.6 Å². The Morgan fingerprint density at radius 2 is 2.24 bits per heavy atom. The Morgan fingerprint density at radius 1 is 1.47 bits per heavy atom. The zero-order valence-corrected chi connectivity index (χ0v) is 10.7. The minimum Gasteiger partial charge on any atom is -0.490 e. The summed E-state index contributed by atoms with van der Waals surface area (Å²) in [5.41, 5.74) is 0.339. The molecule has 0 bridgehead atoms. The summed E-state index contributed by atoms with van der Waals surface area (Å²) in [5, 5.41) is 18.3. The Labute approximate surface area is 109 Å². The molecule has 1 aromatic heterocycles. The second-order valence-electron chi connectivity index (χ2n) is 3.00. The van der Waals surface area contributed by atoms with Crippen LogP contribution in [0, 0.1) is 14.0 Å². The average Bonchev–Trinajstić information content (AvgIpc) is 2.75. The number of aromatic nitrogens is 2. The smallest absolute Gasteiger partial charge is 0.311 e. The van der Waals surface area contributed by atoms with Gasteiger partial charge in [0.1, 0.15) is 0 Å². The van der Waals surface area contributed by atoms with E-state index in [2.05, 4.69) is 10.2 Å². The van der Waals surface area contributed by atoms with Crippen LogP contribution in [0.5, 0.6) is 5.75 Å². The van der Waals surface area contributed by atoms with E-state index in [9.17, 15) is 10.1 Å². The van der Waals surface area contributed by atoms with Crippen LogP contribution >= 0.6 is 22.6 Å². The first-order valence-corrected chi connectivity index (χ1v) is 5.51. The minimum absolute atomic E-state index is 0.141. The van der Waals surface area contributed by atoms with E-state index < -0.39 is 4.92 Å². The number of nitro groups is 1. The number of benzene rings is 1. The van der Waals surface area contributed by atoms with Gasteiger partial charge in [-0.1, -0.05) is 0 Å². The lowest BCUT2D eigenvalue weighted by atomic mass is 10.2. The van der Waals surface area contributed by atoms with Gasteiger partial charge < -0.3 is 9.15 Å². The van der Waals surface area contributed by atoms with Crippen molar-refractivity contribution >= 4 is 28.3 Å². The highest BCUT2D eigenvalue weighted by molar-refractivity contribution is 14.1. The predicted octanol–water partition coefficient (Wildman–Crippen LogP) is 2.26. The van der Waals surface area contributed by atoms with E-state index in [1.807, 2.05) is 22.6 Å². The van der Waals surface area contributed by atoms with E-state index in [4.69, 9.17) is 9.15 Å². The third-order valence-corrected chi connectivity index (χ3v) is 2.46. The summed E-state index contributed by atoms with van der Waals surface area (Å²) >= 11 is 1.86. The predicted molar refractivity (Wildman–Crippen MR) is 65.7 cm³/mol. The lowest BCUT2D eigenvalue weighted by Crippen LogP contribution is -1.94. The van der Waals surface area contributed by atoms with Gasteiger partial charge in [-0.2, -0.15) is 0 Å². The Balaban J connectivity index is 2.50. The van der Waals surface area contributed by atoms with Crippen molar-refractivity contribution in [1.82, 2.24) is 10.2 Å². The standard InChI is InChI=1S/C9H6IN3O4/c1-16-7-3-2-5(4-6(7)13(14)15)8-11-12-9(10)17-8/h2-4H,1H3. The van der Waals surface area contributed by atoms with Crippen molar-refractivity contribution in [2.75, 3.05) is 7.11 Å². The Bertz CT molecular complexity index is 569. The monoisotopic (exact) mass is 347 g/mol. The summed E-state index contributed by atoms with van der Waals surface area (Å²) in [6.07, 6.45) is 0.